The number of pyridine rings is 1. The van der Waals surface area contributed by atoms with Gasteiger partial charge in [0.15, 0.2) is 0 Å². The lowest BCUT2D eigenvalue weighted by atomic mass is 9.96. The molecule has 2 heterocycles. The van der Waals surface area contributed by atoms with E-state index in [-0.39, 0.29) is 6.10 Å². The minimum atomic E-state index is -0.265. The van der Waals surface area contributed by atoms with Gasteiger partial charge in [0.25, 0.3) is 0 Å². The van der Waals surface area contributed by atoms with Crippen LogP contribution in [0.4, 0.5) is 0 Å². The van der Waals surface area contributed by atoms with Gasteiger partial charge in [0.05, 0.1) is 6.10 Å². The molecule has 0 bridgehead atoms. The molecule has 0 aromatic carbocycles. The number of aromatic amines is 1. The molecule has 4 heteroatoms. The highest BCUT2D eigenvalue weighted by atomic mass is 16.3. The van der Waals surface area contributed by atoms with Gasteiger partial charge < -0.3 is 15.4 Å². The third kappa shape index (κ3) is 3.33. The van der Waals surface area contributed by atoms with Crippen LogP contribution in [0.2, 0.25) is 0 Å². The molecule has 0 saturated carbocycles. The first-order valence-corrected chi connectivity index (χ1v) is 7.06. The first-order valence-electron chi connectivity index (χ1n) is 7.06. The molecule has 4 nitrogen and oxygen atoms in total. The van der Waals surface area contributed by atoms with Gasteiger partial charge in [-0.05, 0) is 23.6 Å². The zero-order valence-corrected chi connectivity index (χ0v) is 11.7. The number of H-pyrrole nitrogens is 1. The van der Waals surface area contributed by atoms with Crippen molar-refractivity contribution in [3.8, 4) is 0 Å². The number of nitrogens with zero attached hydrogens (tertiary/aromatic N) is 1. The third-order valence-electron chi connectivity index (χ3n) is 3.80. The first-order chi connectivity index (χ1) is 9.26. The average molecular weight is 261 g/mol. The maximum Gasteiger partial charge on any atom is 0.137 e. The predicted octanol–water partition coefficient (Wildman–Crippen LogP) is 2.45. The van der Waals surface area contributed by atoms with Crippen molar-refractivity contribution in [1.29, 1.82) is 0 Å². The van der Waals surface area contributed by atoms with E-state index >= 15 is 0 Å². The fourth-order valence-corrected chi connectivity index (χ4v) is 2.51. The first kappa shape index (κ1) is 14.0. The Kier molecular flexibility index (Phi) is 4.93. The van der Waals surface area contributed by atoms with Crippen LogP contribution in [-0.4, -0.2) is 27.7 Å². The SMILES string of the molecule is CCC(CC)C(O)CNCc1c[nH]c2ncccc12. The van der Waals surface area contributed by atoms with E-state index in [0.717, 1.165) is 30.4 Å². The second-order valence-corrected chi connectivity index (χ2v) is 4.99. The van der Waals surface area contributed by atoms with E-state index in [1.807, 2.05) is 12.3 Å². The molecule has 1 atom stereocenters. The maximum absolute atomic E-state index is 10.1. The monoisotopic (exact) mass is 261 g/mol. The van der Waals surface area contributed by atoms with Gasteiger partial charge in [-0.2, -0.15) is 0 Å². The van der Waals surface area contributed by atoms with Crippen molar-refractivity contribution in [3.05, 3.63) is 30.1 Å². The minimum absolute atomic E-state index is 0.265. The number of aliphatic hydroxyl groups excluding tert-OH is 1. The molecule has 0 aliphatic carbocycles. The highest BCUT2D eigenvalue weighted by Gasteiger charge is 2.14. The Morgan fingerprint density at radius 2 is 2.16 bits per heavy atom. The third-order valence-corrected chi connectivity index (χ3v) is 3.80. The number of nitrogens with one attached hydrogen (secondary N) is 2. The van der Waals surface area contributed by atoms with Gasteiger partial charge in [0.2, 0.25) is 0 Å². The van der Waals surface area contributed by atoms with Crippen molar-refractivity contribution in [1.82, 2.24) is 15.3 Å². The topological polar surface area (TPSA) is 60.9 Å². The molecule has 0 aliphatic heterocycles. The summed E-state index contributed by atoms with van der Waals surface area (Å²) >= 11 is 0. The second-order valence-electron chi connectivity index (χ2n) is 4.99. The molecule has 0 radical (unpaired) electrons. The summed E-state index contributed by atoms with van der Waals surface area (Å²) in [5.41, 5.74) is 2.11. The van der Waals surface area contributed by atoms with Crippen LogP contribution in [-0.2, 0) is 6.54 Å². The molecule has 19 heavy (non-hydrogen) atoms. The number of hydrogen-bond donors (Lipinski definition) is 3. The Labute approximate surface area is 114 Å². The minimum Gasteiger partial charge on any atom is -0.392 e. The maximum atomic E-state index is 10.1. The van der Waals surface area contributed by atoms with E-state index in [2.05, 4.69) is 35.2 Å². The van der Waals surface area contributed by atoms with Crippen molar-refractivity contribution in [3.63, 3.8) is 0 Å². The normalized spacial score (nSPS) is 13.3. The highest BCUT2D eigenvalue weighted by molar-refractivity contribution is 5.79. The van der Waals surface area contributed by atoms with Crippen molar-refractivity contribution >= 4 is 11.0 Å². The Bertz CT molecular complexity index is 505. The number of rotatable bonds is 7. The lowest BCUT2D eigenvalue weighted by Gasteiger charge is -2.20. The molecule has 2 aromatic rings. The molecule has 0 aliphatic rings. The van der Waals surface area contributed by atoms with E-state index in [4.69, 9.17) is 0 Å². The molecule has 1 unspecified atom stereocenters. The quantitative estimate of drug-likeness (QED) is 0.717. The van der Waals surface area contributed by atoms with Crippen LogP contribution in [0.5, 0.6) is 0 Å². The molecule has 0 amide bonds. The zero-order chi connectivity index (χ0) is 13.7. The van der Waals surface area contributed by atoms with Gasteiger partial charge in [-0.1, -0.05) is 26.7 Å². The Morgan fingerprint density at radius 1 is 1.37 bits per heavy atom. The van der Waals surface area contributed by atoms with Crippen molar-refractivity contribution in [2.75, 3.05) is 6.54 Å². The molecule has 3 N–H and O–H groups in total. The molecule has 0 saturated heterocycles. The summed E-state index contributed by atoms with van der Waals surface area (Å²) in [5, 5.41) is 14.5. The summed E-state index contributed by atoms with van der Waals surface area (Å²) in [6.45, 7) is 5.65. The Balaban J connectivity index is 1.89. The van der Waals surface area contributed by atoms with Crippen molar-refractivity contribution < 1.29 is 5.11 Å². The van der Waals surface area contributed by atoms with Crippen LogP contribution in [0.25, 0.3) is 11.0 Å². The van der Waals surface area contributed by atoms with Crippen LogP contribution in [0.15, 0.2) is 24.5 Å². The van der Waals surface area contributed by atoms with Crippen molar-refractivity contribution in [2.24, 2.45) is 5.92 Å². The van der Waals surface area contributed by atoms with Gasteiger partial charge in [-0.3, -0.25) is 0 Å². The van der Waals surface area contributed by atoms with E-state index < -0.39 is 0 Å². The molecule has 104 valence electrons. The molecular weight excluding hydrogens is 238 g/mol. The summed E-state index contributed by atoms with van der Waals surface area (Å²) < 4.78 is 0. The summed E-state index contributed by atoms with van der Waals surface area (Å²) in [5.74, 6) is 0.386. The fraction of sp³-hybridized carbons (Fsp3) is 0.533. The lowest BCUT2D eigenvalue weighted by molar-refractivity contribution is 0.101. The zero-order valence-electron chi connectivity index (χ0n) is 11.7. The number of aliphatic hydroxyl groups is 1. The van der Waals surface area contributed by atoms with Crippen LogP contribution < -0.4 is 5.32 Å². The summed E-state index contributed by atoms with van der Waals surface area (Å²) in [6, 6.07) is 4.01. The average Bonchev–Trinajstić information content (AvgIpc) is 2.84. The Hall–Kier alpha value is -1.39. The molecular formula is C15H23N3O. The smallest absolute Gasteiger partial charge is 0.137 e. The van der Waals surface area contributed by atoms with E-state index in [1.54, 1.807) is 6.20 Å². The summed E-state index contributed by atoms with van der Waals surface area (Å²) in [6.07, 6.45) is 5.55. The molecule has 0 spiro atoms. The van der Waals surface area contributed by atoms with Gasteiger partial charge in [-0.15, -0.1) is 0 Å². The van der Waals surface area contributed by atoms with Crippen LogP contribution in [0.1, 0.15) is 32.3 Å². The molecule has 2 aromatic heterocycles. The largest absolute Gasteiger partial charge is 0.392 e. The lowest BCUT2D eigenvalue weighted by Crippen LogP contribution is -2.32. The van der Waals surface area contributed by atoms with Crippen LogP contribution in [0, 0.1) is 5.92 Å². The summed E-state index contributed by atoms with van der Waals surface area (Å²) in [4.78, 5) is 7.42. The molecule has 0 fully saturated rings. The van der Waals surface area contributed by atoms with Crippen LogP contribution in [0.3, 0.4) is 0 Å². The fourth-order valence-electron chi connectivity index (χ4n) is 2.51. The highest BCUT2D eigenvalue weighted by Crippen LogP contribution is 2.16. The molecule has 2 rings (SSSR count). The Morgan fingerprint density at radius 3 is 2.89 bits per heavy atom. The standard InChI is InChI=1S/C15H23N3O/c1-3-11(4-2)14(19)10-16-8-12-9-18-15-13(12)6-5-7-17-15/h5-7,9,11,14,16,19H,3-4,8,10H2,1-2H3,(H,17,18). The van der Waals surface area contributed by atoms with Crippen molar-refractivity contribution in [2.45, 2.75) is 39.3 Å². The van der Waals surface area contributed by atoms with Gasteiger partial charge in [0.1, 0.15) is 5.65 Å². The van der Waals surface area contributed by atoms with Gasteiger partial charge >= 0.3 is 0 Å². The summed E-state index contributed by atoms with van der Waals surface area (Å²) in [7, 11) is 0. The van der Waals surface area contributed by atoms with Gasteiger partial charge in [-0.25, -0.2) is 4.98 Å². The number of aromatic nitrogens is 2. The van der Waals surface area contributed by atoms with Gasteiger partial charge in [0, 0.05) is 30.9 Å². The van der Waals surface area contributed by atoms with E-state index in [1.165, 1.54) is 5.56 Å². The number of hydrogen-bond acceptors (Lipinski definition) is 3. The number of fused-ring (bicyclic) bond motifs is 1. The van der Waals surface area contributed by atoms with E-state index in [0.29, 0.717) is 12.5 Å². The van der Waals surface area contributed by atoms with E-state index in [9.17, 15) is 5.11 Å². The second kappa shape index (κ2) is 6.68. The van der Waals surface area contributed by atoms with Crippen LogP contribution >= 0.6 is 0 Å². The predicted molar refractivity (Wildman–Crippen MR) is 77.9 cm³/mol.